The summed E-state index contributed by atoms with van der Waals surface area (Å²) in [4.78, 5) is 0. The smallest absolute Gasteiger partial charge is 0.0303 e. The summed E-state index contributed by atoms with van der Waals surface area (Å²) in [6.45, 7) is 11.8. The van der Waals surface area contributed by atoms with Crippen LogP contribution in [0.1, 0.15) is 66.7 Å². The van der Waals surface area contributed by atoms with Crippen molar-refractivity contribution < 1.29 is 0 Å². The van der Waals surface area contributed by atoms with E-state index >= 15 is 0 Å². The molecule has 0 N–H and O–H groups in total. The van der Waals surface area contributed by atoms with Crippen LogP contribution in [0.5, 0.6) is 0 Å². The Morgan fingerprint density at radius 2 is 1.75 bits per heavy atom. The van der Waals surface area contributed by atoms with Gasteiger partial charge in [0.2, 0.25) is 0 Å². The lowest BCUT2D eigenvalue weighted by Crippen LogP contribution is -2.24. The van der Waals surface area contributed by atoms with Crippen LogP contribution in [0.4, 0.5) is 0 Å². The first kappa shape index (κ1) is 12.0. The van der Waals surface area contributed by atoms with Gasteiger partial charge in [-0.05, 0) is 17.8 Å². The highest BCUT2D eigenvalue weighted by Gasteiger charge is 2.26. The van der Waals surface area contributed by atoms with Crippen molar-refractivity contribution in [3.63, 3.8) is 0 Å². The predicted molar refractivity (Wildman–Crippen MR) is 57.4 cm³/mol. The summed E-state index contributed by atoms with van der Waals surface area (Å²) in [5.41, 5.74) is 0.602. The van der Waals surface area contributed by atoms with E-state index in [-0.39, 0.29) is 0 Å². The molecule has 0 aromatic heterocycles. The van der Waals surface area contributed by atoms with Crippen molar-refractivity contribution in [3.05, 3.63) is 0 Å². The highest BCUT2D eigenvalue weighted by atomic mass is 14.3. The van der Waals surface area contributed by atoms with Gasteiger partial charge in [0.05, 0.1) is 0 Å². The van der Waals surface area contributed by atoms with Gasteiger partial charge in [-0.15, -0.1) is 0 Å². The molecule has 0 aromatic rings. The Balaban J connectivity index is 4.03. The van der Waals surface area contributed by atoms with Gasteiger partial charge in [-0.2, -0.15) is 0 Å². The zero-order valence-corrected chi connectivity index (χ0v) is 9.61. The van der Waals surface area contributed by atoms with E-state index in [1.54, 1.807) is 0 Å². The second-order valence-electron chi connectivity index (χ2n) is 4.42. The molecule has 0 spiro atoms. The van der Waals surface area contributed by atoms with Gasteiger partial charge in [0.25, 0.3) is 0 Å². The molecule has 0 fully saturated rings. The van der Waals surface area contributed by atoms with E-state index in [1.807, 2.05) is 0 Å². The van der Waals surface area contributed by atoms with Crippen LogP contribution in [0.3, 0.4) is 0 Å². The SMILES string of the molecule is CCCCC(C)(CC)C(C)CC. The summed E-state index contributed by atoms with van der Waals surface area (Å²) in [6, 6.07) is 0. The number of unbranched alkanes of at least 4 members (excludes halogenated alkanes) is 1. The lowest BCUT2D eigenvalue weighted by molar-refractivity contribution is 0.166. The first-order chi connectivity index (χ1) is 5.60. The molecule has 0 aliphatic heterocycles. The van der Waals surface area contributed by atoms with Gasteiger partial charge in [-0.3, -0.25) is 0 Å². The van der Waals surface area contributed by atoms with Gasteiger partial charge >= 0.3 is 0 Å². The highest BCUT2D eigenvalue weighted by molar-refractivity contribution is 4.77. The van der Waals surface area contributed by atoms with Crippen LogP contribution in [0.15, 0.2) is 0 Å². The van der Waals surface area contributed by atoms with E-state index < -0.39 is 0 Å². The summed E-state index contributed by atoms with van der Waals surface area (Å²) in [5.74, 6) is 0.883. The Hall–Kier alpha value is 0. The minimum Gasteiger partial charge on any atom is -0.0654 e. The minimum atomic E-state index is 0.602. The summed E-state index contributed by atoms with van der Waals surface area (Å²) in [7, 11) is 0. The normalized spacial score (nSPS) is 18.8. The molecule has 2 atom stereocenters. The largest absolute Gasteiger partial charge is 0.0654 e. The van der Waals surface area contributed by atoms with Crippen molar-refractivity contribution in [3.8, 4) is 0 Å². The second kappa shape index (κ2) is 5.61. The summed E-state index contributed by atoms with van der Waals surface area (Å²) >= 11 is 0. The Bertz CT molecular complexity index is 107. The van der Waals surface area contributed by atoms with Crippen molar-refractivity contribution in [1.29, 1.82) is 0 Å². The van der Waals surface area contributed by atoms with Gasteiger partial charge < -0.3 is 0 Å². The molecular weight excluding hydrogens is 144 g/mol. The van der Waals surface area contributed by atoms with E-state index in [4.69, 9.17) is 0 Å². The molecular formula is C12H26. The van der Waals surface area contributed by atoms with E-state index in [2.05, 4.69) is 34.6 Å². The van der Waals surface area contributed by atoms with Crippen LogP contribution in [-0.2, 0) is 0 Å². The molecule has 74 valence electrons. The van der Waals surface area contributed by atoms with Gasteiger partial charge in [0.15, 0.2) is 0 Å². The number of rotatable bonds is 6. The first-order valence-corrected chi connectivity index (χ1v) is 5.60. The van der Waals surface area contributed by atoms with Crippen LogP contribution in [0.25, 0.3) is 0 Å². The quantitative estimate of drug-likeness (QED) is 0.545. The van der Waals surface area contributed by atoms with Crippen LogP contribution in [-0.4, -0.2) is 0 Å². The molecule has 0 nitrogen and oxygen atoms in total. The number of hydrogen-bond donors (Lipinski definition) is 0. The zero-order valence-electron chi connectivity index (χ0n) is 9.61. The van der Waals surface area contributed by atoms with E-state index in [0.29, 0.717) is 5.41 Å². The highest BCUT2D eigenvalue weighted by Crippen LogP contribution is 2.37. The van der Waals surface area contributed by atoms with Gasteiger partial charge in [-0.1, -0.05) is 60.3 Å². The van der Waals surface area contributed by atoms with Gasteiger partial charge in [-0.25, -0.2) is 0 Å². The van der Waals surface area contributed by atoms with Crippen molar-refractivity contribution in [2.45, 2.75) is 66.7 Å². The lowest BCUT2D eigenvalue weighted by Gasteiger charge is -2.34. The van der Waals surface area contributed by atoms with E-state index in [9.17, 15) is 0 Å². The van der Waals surface area contributed by atoms with E-state index in [0.717, 1.165) is 5.92 Å². The van der Waals surface area contributed by atoms with E-state index in [1.165, 1.54) is 32.1 Å². The molecule has 0 amide bonds. The fraction of sp³-hybridized carbons (Fsp3) is 1.00. The van der Waals surface area contributed by atoms with Crippen molar-refractivity contribution in [2.24, 2.45) is 11.3 Å². The average molecular weight is 170 g/mol. The van der Waals surface area contributed by atoms with Crippen LogP contribution >= 0.6 is 0 Å². The molecule has 0 aromatic carbocycles. The molecule has 0 saturated carbocycles. The third kappa shape index (κ3) is 3.16. The average Bonchev–Trinajstić information content (AvgIpc) is 2.12. The molecule has 12 heavy (non-hydrogen) atoms. The van der Waals surface area contributed by atoms with Crippen LogP contribution in [0, 0.1) is 11.3 Å². The monoisotopic (exact) mass is 170 g/mol. The molecule has 0 saturated heterocycles. The lowest BCUT2D eigenvalue weighted by atomic mass is 9.71. The first-order valence-electron chi connectivity index (χ1n) is 5.60. The maximum absolute atomic E-state index is 2.46. The molecule has 0 aliphatic carbocycles. The molecule has 0 radical (unpaired) electrons. The Kier molecular flexibility index (Phi) is 5.61. The van der Waals surface area contributed by atoms with Crippen molar-refractivity contribution in [2.75, 3.05) is 0 Å². The maximum Gasteiger partial charge on any atom is -0.0303 e. The summed E-state index contributed by atoms with van der Waals surface area (Å²) in [6.07, 6.45) is 6.81. The van der Waals surface area contributed by atoms with Crippen LogP contribution in [0.2, 0.25) is 0 Å². The van der Waals surface area contributed by atoms with Crippen molar-refractivity contribution in [1.82, 2.24) is 0 Å². The molecule has 0 heteroatoms. The fourth-order valence-corrected chi connectivity index (χ4v) is 1.85. The molecule has 0 aliphatic rings. The third-order valence-electron chi connectivity index (χ3n) is 3.71. The molecule has 2 unspecified atom stereocenters. The standard InChI is InChI=1S/C12H26/c1-6-9-10-12(5,8-3)11(4)7-2/h11H,6-10H2,1-5H3. The molecule has 0 rings (SSSR count). The third-order valence-corrected chi connectivity index (χ3v) is 3.71. The zero-order chi connectivity index (χ0) is 9.61. The Morgan fingerprint density at radius 3 is 2.08 bits per heavy atom. The van der Waals surface area contributed by atoms with Gasteiger partial charge in [0.1, 0.15) is 0 Å². The van der Waals surface area contributed by atoms with Gasteiger partial charge in [0, 0.05) is 0 Å². The topological polar surface area (TPSA) is 0 Å². The maximum atomic E-state index is 2.46. The van der Waals surface area contributed by atoms with Crippen LogP contribution < -0.4 is 0 Å². The fourth-order valence-electron chi connectivity index (χ4n) is 1.85. The second-order valence-corrected chi connectivity index (χ2v) is 4.42. The Labute approximate surface area is 78.8 Å². The Morgan fingerprint density at radius 1 is 1.17 bits per heavy atom. The number of hydrogen-bond acceptors (Lipinski definition) is 0. The molecule has 0 bridgehead atoms. The summed E-state index contributed by atoms with van der Waals surface area (Å²) < 4.78 is 0. The minimum absolute atomic E-state index is 0.602. The predicted octanol–water partition coefficient (Wildman–Crippen LogP) is 4.64. The van der Waals surface area contributed by atoms with Crippen molar-refractivity contribution >= 4 is 0 Å². The summed E-state index contributed by atoms with van der Waals surface area (Å²) in [5, 5.41) is 0. The molecule has 0 heterocycles.